The summed E-state index contributed by atoms with van der Waals surface area (Å²) < 4.78 is 14.0. The molecule has 0 aliphatic heterocycles. The van der Waals surface area contributed by atoms with Crippen molar-refractivity contribution in [2.24, 2.45) is 0 Å². The van der Waals surface area contributed by atoms with E-state index in [2.05, 4.69) is 86.4 Å². The second-order valence-electron chi connectivity index (χ2n) is 10.5. The summed E-state index contributed by atoms with van der Waals surface area (Å²) >= 11 is 0. The van der Waals surface area contributed by atoms with Gasteiger partial charge in [-0.3, -0.25) is 4.68 Å². The van der Waals surface area contributed by atoms with Gasteiger partial charge in [-0.2, -0.15) is 17.2 Å². The summed E-state index contributed by atoms with van der Waals surface area (Å²) in [5.74, 6) is 2.52. The second-order valence-corrected chi connectivity index (χ2v) is 10.5. The zero-order chi connectivity index (χ0) is 29.1. The van der Waals surface area contributed by atoms with Crippen LogP contribution in [0.15, 0.2) is 109 Å². The minimum absolute atomic E-state index is 0. The van der Waals surface area contributed by atoms with Gasteiger partial charge in [-0.25, -0.2) is 4.98 Å². The topological polar surface area (TPSA) is 49.2 Å². The van der Waals surface area contributed by atoms with Crippen molar-refractivity contribution in [2.75, 3.05) is 0 Å². The summed E-state index contributed by atoms with van der Waals surface area (Å²) in [6.45, 7) is 8.40. The van der Waals surface area contributed by atoms with Crippen molar-refractivity contribution < 1.29 is 30.5 Å². The number of hydrogen-bond donors (Lipinski definition) is 0. The number of ether oxygens (including phenoxy) is 2. The van der Waals surface area contributed by atoms with Crippen LogP contribution in [-0.2, 0) is 21.1 Å². The van der Waals surface area contributed by atoms with Crippen LogP contribution in [0, 0.1) is 26.0 Å². The number of pyridine rings is 1. The van der Waals surface area contributed by atoms with Crippen molar-refractivity contribution in [3.8, 4) is 51.1 Å². The van der Waals surface area contributed by atoms with E-state index in [1.807, 2.05) is 66.2 Å². The van der Waals surface area contributed by atoms with Crippen LogP contribution in [0.3, 0.4) is 0 Å². The van der Waals surface area contributed by atoms with Crippen LogP contribution in [0.25, 0.3) is 27.9 Å². The minimum atomic E-state index is 0. The van der Waals surface area contributed by atoms with E-state index in [1.165, 1.54) is 11.1 Å². The minimum Gasteiger partial charge on any atom is -0.509 e. The summed E-state index contributed by atoms with van der Waals surface area (Å²) in [7, 11) is 0. The molecule has 0 saturated carbocycles. The molecule has 0 fully saturated rings. The molecule has 43 heavy (non-hydrogen) atoms. The van der Waals surface area contributed by atoms with Crippen LogP contribution in [0.2, 0.25) is 0 Å². The average molecular weight is 745 g/mol. The number of rotatable bonds is 8. The van der Waals surface area contributed by atoms with Crippen molar-refractivity contribution in [3.63, 3.8) is 0 Å². The Morgan fingerprint density at radius 1 is 0.674 bits per heavy atom. The maximum atomic E-state index is 6.14. The maximum absolute atomic E-state index is 6.14. The molecule has 0 spiro atoms. The van der Waals surface area contributed by atoms with Gasteiger partial charge in [0.25, 0.3) is 0 Å². The molecular formula is C37H31N3O2Pt. The Hall–Kier alpha value is -4.47. The monoisotopic (exact) mass is 744 g/mol. The van der Waals surface area contributed by atoms with E-state index in [-0.39, 0.29) is 21.1 Å². The molecule has 6 rings (SSSR count). The third-order valence-electron chi connectivity index (χ3n) is 7.15. The summed E-state index contributed by atoms with van der Waals surface area (Å²) in [6.07, 6.45) is 1.76. The Bertz CT molecular complexity index is 1830. The van der Waals surface area contributed by atoms with Crippen LogP contribution in [0.1, 0.15) is 36.7 Å². The number of hydrogen-bond acceptors (Lipinski definition) is 4. The molecule has 0 N–H and O–H groups in total. The summed E-state index contributed by atoms with van der Waals surface area (Å²) in [5, 5.41) is 4.86. The SMILES string of the molecule is Cc1nn(-c2[c-]c(Oc3[c-]c(Oc4cc(C(C)C)ccn4)ccc3)ccc2)c(C)c1-c1ccc(-c2ccccc2)cc1.[Pt+2]. The van der Waals surface area contributed by atoms with E-state index < -0.39 is 0 Å². The van der Waals surface area contributed by atoms with E-state index in [0.29, 0.717) is 29.0 Å². The first-order chi connectivity index (χ1) is 20.4. The molecule has 2 heterocycles. The second kappa shape index (κ2) is 13.2. The van der Waals surface area contributed by atoms with Crippen molar-refractivity contribution >= 4 is 0 Å². The summed E-state index contributed by atoms with van der Waals surface area (Å²) in [5.41, 5.74) is 8.57. The quantitative estimate of drug-likeness (QED) is 0.146. The molecule has 0 radical (unpaired) electrons. The van der Waals surface area contributed by atoms with Crippen LogP contribution < -0.4 is 9.47 Å². The van der Waals surface area contributed by atoms with Gasteiger partial charge in [-0.05, 0) is 53.8 Å². The Morgan fingerprint density at radius 3 is 2.02 bits per heavy atom. The molecule has 2 aromatic heterocycles. The zero-order valence-electron chi connectivity index (χ0n) is 24.4. The Balaban J connectivity index is 0.00000368. The predicted octanol–water partition coefficient (Wildman–Crippen LogP) is 9.52. The van der Waals surface area contributed by atoms with Gasteiger partial charge in [0.15, 0.2) is 0 Å². The van der Waals surface area contributed by atoms with Gasteiger partial charge in [0.2, 0.25) is 5.88 Å². The molecule has 0 bridgehead atoms. The van der Waals surface area contributed by atoms with E-state index in [0.717, 1.165) is 33.8 Å². The molecule has 216 valence electrons. The number of aromatic nitrogens is 3. The van der Waals surface area contributed by atoms with Crippen molar-refractivity contribution in [1.29, 1.82) is 0 Å². The molecule has 6 heteroatoms. The van der Waals surface area contributed by atoms with E-state index >= 15 is 0 Å². The molecule has 4 aromatic carbocycles. The van der Waals surface area contributed by atoms with Gasteiger partial charge in [-0.1, -0.05) is 74.5 Å². The van der Waals surface area contributed by atoms with Crippen LogP contribution in [-0.4, -0.2) is 14.8 Å². The number of aryl methyl sites for hydroxylation is 1. The molecular weight excluding hydrogens is 714 g/mol. The first kappa shape index (κ1) is 30.0. The van der Waals surface area contributed by atoms with Gasteiger partial charge >= 0.3 is 21.1 Å². The Morgan fingerprint density at radius 2 is 1.30 bits per heavy atom. The molecule has 6 aromatic rings. The van der Waals surface area contributed by atoms with E-state index in [4.69, 9.17) is 14.6 Å². The molecule has 0 atom stereocenters. The van der Waals surface area contributed by atoms with Crippen molar-refractivity contribution in [3.05, 3.63) is 138 Å². The first-order valence-corrected chi connectivity index (χ1v) is 14.0. The molecule has 0 saturated heterocycles. The Kier molecular flexibility index (Phi) is 9.23. The summed E-state index contributed by atoms with van der Waals surface area (Å²) in [6, 6.07) is 40.9. The fourth-order valence-corrected chi connectivity index (χ4v) is 4.99. The van der Waals surface area contributed by atoms with Gasteiger partial charge in [0, 0.05) is 40.8 Å². The molecule has 0 unspecified atom stereocenters. The molecule has 0 aliphatic carbocycles. The third-order valence-corrected chi connectivity index (χ3v) is 7.15. The van der Waals surface area contributed by atoms with Gasteiger partial charge in [-0.15, -0.1) is 30.3 Å². The van der Waals surface area contributed by atoms with Gasteiger partial charge in [0.05, 0.1) is 5.69 Å². The number of benzene rings is 4. The van der Waals surface area contributed by atoms with Crippen LogP contribution >= 0.6 is 0 Å². The Labute approximate surface area is 267 Å². The summed E-state index contributed by atoms with van der Waals surface area (Å²) in [4.78, 5) is 4.33. The fraction of sp³-hybridized carbons (Fsp3) is 0.135. The van der Waals surface area contributed by atoms with Crippen molar-refractivity contribution in [1.82, 2.24) is 14.8 Å². The largest absolute Gasteiger partial charge is 2.00 e. The standard InChI is InChI=1S/C37H31N3O2.Pt/c1-25(2)31-20-21-38-36(22-31)42-35-15-9-14-34(24-35)41-33-13-8-12-32(23-33)40-27(4)37(26(3)39-40)30-18-16-29(17-19-30)28-10-6-5-7-11-28;/h5-22,25H,1-4H3;/q-2;+2. The number of nitrogens with zero attached hydrogens (tertiary/aromatic N) is 3. The van der Waals surface area contributed by atoms with Crippen molar-refractivity contribution in [2.45, 2.75) is 33.6 Å². The molecule has 0 aliphatic rings. The van der Waals surface area contributed by atoms with Gasteiger partial charge in [0.1, 0.15) is 0 Å². The van der Waals surface area contributed by atoms with Gasteiger partial charge < -0.3 is 9.47 Å². The first-order valence-electron chi connectivity index (χ1n) is 14.0. The van der Waals surface area contributed by atoms with E-state index in [9.17, 15) is 0 Å². The molecule has 0 amide bonds. The fourth-order valence-electron chi connectivity index (χ4n) is 4.99. The van der Waals surface area contributed by atoms with E-state index in [1.54, 1.807) is 6.20 Å². The third kappa shape index (κ3) is 6.79. The average Bonchev–Trinajstić information content (AvgIpc) is 3.31. The smallest absolute Gasteiger partial charge is 0.509 e. The van der Waals surface area contributed by atoms with Crippen LogP contribution in [0.5, 0.6) is 23.1 Å². The molecule has 5 nitrogen and oxygen atoms in total. The zero-order valence-corrected chi connectivity index (χ0v) is 26.7. The normalized spacial score (nSPS) is 10.8. The predicted molar refractivity (Wildman–Crippen MR) is 166 cm³/mol. The van der Waals surface area contributed by atoms with Crippen LogP contribution in [0.4, 0.5) is 0 Å². The maximum Gasteiger partial charge on any atom is 2.00 e.